The molecular weight excluding hydrogens is 244 g/mol. The first-order valence-electron chi connectivity index (χ1n) is 5.89. The van der Waals surface area contributed by atoms with Crippen LogP contribution in [0.4, 0.5) is 5.69 Å². The summed E-state index contributed by atoms with van der Waals surface area (Å²) in [5, 5.41) is 20.2. The van der Waals surface area contributed by atoms with E-state index in [2.05, 4.69) is 4.98 Å². The summed E-state index contributed by atoms with van der Waals surface area (Å²) in [6.45, 7) is 2.01. The van der Waals surface area contributed by atoms with Gasteiger partial charge in [0.15, 0.2) is 0 Å². The van der Waals surface area contributed by atoms with Gasteiger partial charge in [0.25, 0.3) is 0 Å². The van der Waals surface area contributed by atoms with E-state index < -0.39 is 4.92 Å². The number of para-hydroxylation sites is 1. The lowest BCUT2D eigenvalue weighted by molar-refractivity contribution is -0.384. The van der Waals surface area contributed by atoms with Gasteiger partial charge in [0.2, 0.25) is 0 Å². The van der Waals surface area contributed by atoms with Gasteiger partial charge in [0, 0.05) is 18.8 Å². The molecule has 0 spiro atoms. The Morgan fingerprint density at radius 3 is 2.95 bits per heavy atom. The summed E-state index contributed by atoms with van der Waals surface area (Å²) in [5.74, 6) is 0.751. The molecule has 2 rings (SSSR count). The highest BCUT2D eigenvalue weighted by atomic mass is 16.6. The van der Waals surface area contributed by atoms with Crippen LogP contribution < -0.4 is 0 Å². The van der Waals surface area contributed by atoms with Crippen LogP contribution in [0.5, 0.6) is 0 Å². The van der Waals surface area contributed by atoms with Crippen LogP contribution >= 0.6 is 0 Å². The van der Waals surface area contributed by atoms with Crippen molar-refractivity contribution in [2.45, 2.75) is 19.8 Å². The third kappa shape index (κ3) is 2.31. The molecule has 1 aromatic carbocycles. The van der Waals surface area contributed by atoms with E-state index >= 15 is 0 Å². The predicted molar refractivity (Wildman–Crippen MR) is 68.9 cm³/mol. The van der Waals surface area contributed by atoms with E-state index in [1.165, 1.54) is 6.07 Å². The Labute approximate surface area is 110 Å². The smallest absolute Gasteiger partial charge is 0.298 e. The van der Waals surface area contributed by atoms with E-state index in [9.17, 15) is 10.1 Å². The highest BCUT2D eigenvalue weighted by molar-refractivity contribution is 5.62. The Morgan fingerprint density at radius 2 is 2.32 bits per heavy atom. The molecule has 0 radical (unpaired) electrons. The van der Waals surface area contributed by atoms with Crippen molar-refractivity contribution in [3.8, 4) is 11.8 Å². The van der Waals surface area contributed by atoms with Crippen molar-refractivity contribution in [3.05, 3.63) is 52.1 Å². The predicted octanol–water partition coefficient (Wildman–Crippen LogP) is 2.60. The fourth-order valence-corrected chi connectivity index (χ4v) is 1.97. The number of rotatable bonds is 4. The van der Waals surface area contributed by atoms with Gasteiger partial charge in [0.05, 0.1) is 4.92 Å². The lowest BCUT2D eigenvalue weighted by Crippen LogP contribution is -2.05. The molecule has 1 heterocycles. The average Bonchev–Trinajstić information content (AvgIpc) is 2.86. The molecule has 2 aromatic rings. The zero-order valence-corrected chi connectivity index (χ0v) is 10.4. The molecule has 6 nitrogen and oxygen atoms in total. The van der Waals surface area contributed by atoms with Crippen LogP contribution in [-0.2, 0) is 6.42 Å². The second-order valence-electron chi connectivity index (χ2n) is 4.01. The molecule has 1 aromatic heterocycles. The Morgan fingerprint density at radius 1 is 1.53 bits per heavy atom. The van der Waals surface area contributed by atoms with Gasteiger partial charge in [-0.1, -0.05) is 13.0 Å². The first-order chi connectivity index (χ1) is 9.19. The lowest BCUT2D eigenvalue weighted by Gasteiger charge is -2.08. The monoisotopic (exact) mass is 256 g/mol. The maximum atomic E-state index is 11.2. The number of aryl methyl sites for hydroxylation is 1. The summed E-state index contributed by atoms with van der Waals surface area (Å²) in [5.41, 5.74) is 0.254. The van der Waals surface area contributed by atoms with Crippen molar-refractivity contribution in [1.82, 2.24) is 9.55 Å². The number of hydrogen-bond donors (Lipinski definition) is 0. The van der Waals surface area contributed by atoms with E-state index in [0.29, 0.717) is 5.69 Å². The highest BCUT2D eigenvalue weighted by Crippen LogP contribution is 2.27. The van der Waals surface area contributed by atoms with Gasteiger partial charge < -0.3 is 0 Å². The molecule has 0 fully saturated rings. The van der Waals surface area contributed by atoms with Gasteiger partial charge in [-0.25, -0.2) is 4.98 Å². The van der Waals surface area contributed by atoms with E-state index in [1.54, 1.807) is 29.1 Å². The van der Waals surface area contributed by atoms with E-state index in [-0.39, 0.29) is 11.3 Å². The Bertz CT molecular complexity index is 655. The minimum absolute atomic E-state index is 0.0543. The Kier molecular flexibility index (Phi) is 3.57. The second-order valence-corrected chi connectivity index (χ2v) is 4.01. The van der Waals surface area contributed by atoms with Crippen molar-refractivity contribution in [2.75, 3.05) is 0 Å². The van der Waals surface area contributed by atoms with Crippen LogP contribution in [0.1, 0.15) is 24.7 Å². The van der Waals surface area contributed by atoms with Crippen molar-refractivity contribution in [3.63, 3.8) is 0 Å². The molecule has 6 heteroatoms. The third-order valence-electron chi connectivity index (χ3n) is 2.77. The lowest BCUT2D eigenvalue weighted by atomic mass is 10.1. The van der Waals surface area contributed by atoms with Crippen molar-refractivity contribution in [2.24, 2.45) is 0 Å². The highest BCUT2D eigenvalue weighted by Gasteiger charge is 2.21. The first-order valence-corrected chi connectivity index (χ1v) is 5.89. The molecule has 0 saturated heterocycles. The fraction of sp³-hybridized carbons (Fsp3) is 0.231. The fourth-order valence-electron chi connectivity index (χ4n) is 1.97. The van der Waals surface area contributed by atoms with Gasteiger partial charge in [-0.3, -0.25) is 14.7 Å². The number of nitro groups is 1. The molecule has 96 valence electrons. The summed E-state index contributed by atoms with van der Waals surface area (Å²) >= 11 is 0. The number of nitro benzene ring substituents is 1. The van der Waals surface area contributed by atoms with Crippen LogP contribution in [0, 0.1) is 21.4 Å². The van der Waals surface area contributed by atoms with Crippen molar-refractivity contribution in [1.29, 1.82) is 5.26 Å². The molecular formula is C13H12N4O2. The van der Waals surface area contributed by atoms with Crippen LogP contribution in [0.15, 0.2) is 30.6 Å². The largest absolute Gasteiger partial charge is 0.310 e. The van der Waals surface area contributed by atoms with Gasteiger partial charge >= 0.3 is 5.69 Å². The van der Waals surface area contributed by atoms with Gasteiger partial charge in [-0.05, 0) is 18.6 Å². The van der Waals surface area contributed by atoms with E-state index in [1.807, 2.05) is 13.0 Å². The van der Waals surface area contributed by atoms with Gasteiger partial charge in [0.1, 0.15) is 23.1 Å². The maximum Gasteiger partial charge on any atom is 0.310 e. The van der Waals surface area contributed by atoms with Crippen LogP contribution in [0.3, 0.4) is 0 Å². The zero-order chi connectivity index (χ0) is 13.8. The summed E-state index contributed by atoms with van der Waals surface area (Å²) < 4.78 is 1.67. The summed E-state index contributed by atoms with van der Waals surface area (Å²) in [6, 6.07) is 6.56. The topological polar surface area (TPSA) is 84.8 Å². The molecule has 0 saturated carbocycles. The SMILES string of the molecule is CCCc1nccn1-c1cccc(C#N)c1[N+](=O)[O-]. The number of benzene rings is 1. The molecule has 0 bridgehead atoms. The Balaban J connectivity index is 2.65. The number of nitrogens with zero attached hydrogens (tertiary/aromatic N) is 4. The minimum atomic E-state index is -0.524. The van der Waals surface area contributed by atoms with E-state index in [0.717, 1.165) is 18.7 Å². The normalized spacial score (nSPS) is 10.1. The van der Waals surface area contributed by atoms with Crippen LogP contribution in [0.25, 0.3) is 5.69 Å². The molecule has 0 aliphatic rings. The summed E-state index contributed by atoms with van der Waals surface area (Å²) in [4.78, 5) is 14.9. The molecule has 0 unspecified atom stereocenters. The summed E-state index contributed by atoms with van der Waals surface area (Å²) in [7, 11) is 0. The van der Waals surface area contributed by atoms with Crippen LogP contribution in [-0.4, -0.2) is 14.5 Å². The molecule has 0 aliphatic heterocycles. The molecule has 0 aliphatic carbocycles. The number of hydrogen-bond acceptors (Lipinski definition) is 4. The van der Waals surface area contributed by atoms with Crippen LogP contribution in [0.2, 0.25) is 0 Å². The Hall–Kier alpha value is -2.68. The quantitative estimate of drug-likeness (QED) is 0.621. The maximum absolute atomic E-state index is 11.2. The molecule has 19 heavy (non-hydrogen) atoms. The number of aromatic nitrogens is 2. The third-order valence-corrected chi connectivity index (χ3v) is 2.77. The van der Waals surface area contributed by atoms with Crippen molar-refractivity contribution < 1.29 is 4.92 Å². The van der Waals surface area contributed by atoms with Crippen molar-refractivity contribution >= 4 is 5.69 Å². The summed E-state index contributed by atoms with van der Waals surface area (Å²) in [6.07, 6.45) is 4.89. The molecule has 0 amide bonds. The second kappa shape index (κ2) is 5.31. The number of nitriles is 1. The standard InChI is InChI=1S/C13H12N4O2/c1-2-4-12-15-7-8-16(12)11-6-3-5-10(9-14)13(11)17(18)19/h3,5-8H,2,4H2,1H3. The van der Waals surface area contributed by atoms with Gasteiger partial charge in [-0.2, -0.15) is 5.26 Å². The molecule has 0 atom stereocenters. The number of imidazole rings is 1. The zero-order valence-electron chi connectivity index (χ0n) is 10.4. The molecule has 0 N–H and O–H groups in total. The minimum Gasteiger partial charge on any atom is -0.298 e. The van der Waals surface area contributed by atoms with Gasteiger partial charge in [-0.15, -0.1) is 0 Å². The first kappa shape index (κ1) is 12.8. The average molecular weight is 256 g/mol. The van der Waals surface area contributed by atoms with E-state index in [4.69, 9.17) is 5.26 Å².